The predicted molar refractivity (Wildman–Crippen MR) is 78.7 cm³/mol. The summed E-state index contributed by atoms with van der Waals surface area (Å²) in [6, 6.07) is 7.73. The van der Waals surface area contributed by atoms with Crippen LogP contribution >= 0.6 is 0 Å². The van der Waals surface area contributed by atoms with Crippen LogP contribution in [0.4, 0.5) is 5.69 Å². The van der Waals surface area contributed by atoms with Gasteiger partial charge in [0.15, 0.2) is 0 Å². The van der Waals surface area contributed by atoms with E-state index in [1.165, 1.54) is 6.42 Å². The first-order valence-corrected chi connectivity index (χ1v) is 7.00. The van der Waals surface area contributed by atoms with Crippen LogP contribution in [0, 0.1) is 5.92 Å². The molecule has 0 saturated carbocycles. The Kier molecular flexibility index (Phi) is 5.01. The standard InChI is InChI=1S/C16H22N2O/c17-15-8-4-7-13(11-15)9-10-16(19)18-12-14-5-2-1-3-6-14/h1-2,4,7-8,11,14H,3,5-6,9-10,12,17H2,(H,18,19). The van der Waals surface area contributed by atoms with Crippen LogP contribution in [0.2, 0.25) is 0 Å². The lowest BCUT2D eigenvalue weighted by molar-refractivity contribution is -0.121. The van der Waals surface area contributed by atoms with Crippen molar-refractivity contribution in [2.24, 2.45) is 5.92 Å². The maximum atomic E-state index is 11.8. The number of hydrogen-bond acceptors (Lipinski definition) is 2. The number of rotatable bonds is 5. The Bertz CT molecular complexity index is 454. The van der Waals surface area contributed by atoms with Crippen molar-refractivity contribution in [2.75, 3.05) is 12.3 Å². The van der Waals surface area contributed by atoms with Crippen LogP contribution in [0.15, 0.2) is 36.4 Å². The third-order valence-electron chi connectivity index (χ3n) is 3.56. The van der Waals surface area contributed by atoms with Gasteiger partial charge in [-0.25, -0.2) is 0 Å². The second-order valence-corrected chi connectivity index (χ2v) is 5.20. The Morgan fingerprint density at radius 2 is 2.26 bits per heavy atom. The lowest BCUT2D eigenvalue weighted by Crippen LogP contribution is -2.29. The molecule has 19 heavy (non-hydrogen) atoms. The molecule has 3 heteroatoms. The first kappa shape index (κ1) is 13.7. The van der Waals surface area contributed by atoms with Crippen LogP contribution < -0.4 is 11.1 Å². The fraction of sp³-hybridized carbons (Fsp3) is 0.438. The minimum Gasteiger partial charge on any atom is -0.399 e. The number of nitrogens with one attached hydrogen (secondary N) is 1. The second-order valence-electron chi connectivity index (χ2n) is 5.20. The molecular weight excluding hydrogens is 236 g/mol. The van der Waals surface area contributed by atoms with Gasteiger partial charge in [-0.1, -0.05) is 24.3 Å². The molecule has 1 aliphatic carbocycles. The van der Waals surface area contributed by atoms with Gasteiger partial charge in [-0.3, -0.25) is 4.79 Å². The number of hydrogen-bond donors (Lipinski definition) is 2. The minimum absolute atomic E-state index is 0.136. The fourth-order valence-electron chi connectivity index (χ4n) is 2.39. The fourth-order valence-corrected chi connectivity index (χ4v) is 2.39. The smallest absolute Gasteiger partial charge is 0.220 e. The molecule has 2 rings (SSSR count). The largest absolute Gasteiger partial charge is 0.399 e. The highest BCUT2D eigenvalue weighted by atomic mass is 16.1. The van der Waals surface area contributed by atoms with E-state index in [9.17, 15) is 4.79 Å². The molecule has 0 aromatic heterocycles. The Balaban J connectivity index is 1.68. The average Bonchev–Trinajstić information content (AvgIpc) is 2.44. The lowest BCUT2D eigenvalue weighted by atomic mass is 9.94. The molecule has 1 unspecified atom stereocenters. The van der Waals surface area contributed by atoms with Crippen LogP contribution in [0.25, 0.3) is 0 Å². The zero-order chi connectivity index (χ0) is 13.5. The Morgan fingerprint density at radius 1 is 1.37 bits per heavy atom. The molecule has 3 nitrogen and oxygen atoms in total. The van der Waals surface area contributed by atoms with Crippen molar-refractivity contribution in [2.45, 2.75) is 32.1 Å². The van der Waals surface area contributed by atoms with Crippen molar-refractivity contribution in [1.29, 1.82) is 0 Å². The van der Waals surface area contributed by atoms with Gasteiger partial charge in [-0.05, 0) is 49.3 Å². The Labute approximate surface area is 114 Å². The topological polar surface area (TPSA) is 55.1 Å². The van der Waals surface area contributed by atoms with Crippen molar-refractivity contribution in [3.63, 3.8) is 0 Å². The van der Waals surface area contributed by atoms with Gasteiger partial charge in [0.05, 0.1) is 0 Å². The first-order valence-electron chi connectivity index (χ1n) is 7.00. The number of nitrogen functional groups attached to an aromatic ring is 1. The zero-order valence-electron chi connectivity index (χ0n) is 11.3. The maximum Gasteiger partial charge on any atom is 0.220 e. The monoisotopic (exact) mass is 258 g/mol. The number of amides is 1. The van der Waals surface area contributed by atoms with Gasteiger partial charge >= 0.3 is 0 Å². The van der Waals surface area contributed by atoms with E-state index in [4.69, 9.17) is 5.73 Å². The molecule has 0 bridgehead atoms. The first-order chi connectivity index (χ1) is 9.24. The summed E-state index contributed by atoms with van der Waals surface area (Å²) >= 11 is 0. The molecule has 0 saturated heterocycles. The van der Waals surface area contributed by atoms with Gasteiger partial charge in [-0.15, -0.1) is 0 Å². The summed E-state index contributed by atoms with van der Waals surface area (Å²) in [6.45, 7) is 0.806. The lowest BCUT2D eigenvalue weighted by Gasteiger charge is -2.18. The van der Waals surface area contributed by atoms with Gasteiger partial charge in [0.2, 0.25) is 5.91 Å². The normalized spacial score (nSPS) is 18.2. The van der Waals surface area contributed by atoms with Crippen molar-refractivity contribution in [3.8, 4) is 0 Å². The summed E-state index contributed by atoms with van der Waals surface area (Å²) in [5.41, 5.74) is 7.59. The number of carbonyl (C=O) groups excluding carboxylic acids is 1. The Morgan fingerprint density at radius 3 is 3.00 bits per heavy atom. The van der Waals surface area contributed by atoms with Gasteiger partial charge in [-0.2, -0.15) is 0 Å². The zero-order valence-corrected chi connectivity index (χ0v) is 11.3. The Hall–Kier alpha value is -1.77. The SMILES string of the molecule is Nc1cccc(CCC(=O)NCC2CC=CCC2)c1. The third-order valence-corrected chi connectivity index (χ3v) is 3.56. The summed E-state index contributed by atoms with van der Waals surface area (Å²) in [5, 5.41) is 3.03. The van der Waals surface area contributed by atoms with E-state index in [0.717, 1.165) is 37.1 Å². The van der Waals surface area contributed by atoms with Crippen LogP contribution in [0.3, 0.4) is 0 Å². The van der Waals surface area contributed by atoms with E-state index in [-0.39, 0.29) is 5.91 Å². The maximum absolute atomic E-state index is 11.8. The van der Waals surface area contributed by atoms with E-state index in [2.05, 4.69) is 17.5 Å². The summed E-state index contributed by atoms with van der Waals surface area (Å²) < 4.78 is 0. The summed E-state index contributed by atoms with van der Waals surface area (Å²) in [4.78, 5) is 11.8. The average molecular weight is 258 g/mol. The number of aryl methyl sites for hydroxylation is 1. The molecule has 0 heterocycles. The highest BCUT2D eigenvalue weighted by Gasteiger charge is 2.11. The molecule has 0 fully saturated rings. The summed E-state index contributed by atoms with van der Waals surface area (Å²) in [7, 11) is 0. The number of nitrogens with two attached hydrogens (primary N) is 1. The molecule has 1 amide bonds. The second kappa shape index (κ2) is 6.98. The van der Waals surface area contributed by atoms with Crippen molar-refractivity contribution in [1.82, 2.24) is 5.32 Å². The molecule has 0 radical (unpaired) electrons. The highest BCUT2D eigenvalue weighted by molar-refractivity contribution is 5.76. The van der Waals surface area contributed by atoms with Crippen molar-refractivity contribution >= 4 is 11.6 Å². The number of benzene rings is 1. The summed E-state index contributed by atoms with van der Waals surface area (Å²) in [6.07, 6.45) is 9.14. The molecule has 3 N–H and O–H groups in total. The van der Waals surface area contributed by atoms with Crippen LogP contribution in [0.1, 0.15) is 31.2 Å². The molecule has 0 spiro atoms. The van der Waals surface area contributed by atoms with Crippen molar-refractivity contribution < 1.29 is 4.79 Å². The molecule has 1 aromatic carbocycles. The van der Waals surface area contributed by atoms with Crippen LogP contribution in [-0.4, -0.2) is 12.5 Å². The molecule has 1 atom stereocenters. The van der Waals surface area contributed by atoms with Crippen molar-refractivity contribution in [3.05, 3.63) is 42.0 Å². The van der Waals surface area contributed by atoms with Gasteiger partial charge in [0.1, 0.15) is 0 Å². The number of anilines is 1. The van der Waals surface area contributed by atoms with E-state index < -0.39 is 0 Å². The highest BCUT2D eigenvalue weighted by Crippen LogP contribution is 2.17. The minimum atomic E-state index is 0.136. The summed E-state index contributed by atoms with van der Waals surface area (Å²) in [5.74, 6) is 0.748. The van der Waals surface area contributed by atoms with Crippen LogP contribution in [-0.2, 0) is 11.2 Å². The van der Waals surface area contributed by atoms with Crippen LogP contribution in [0.5, 0.6) is 0 Å². The molecule has 102 valence electrons. The van der Waals surface area contributed by atoms with E-state index >= 15 is 0 Å². The predicted octanol–water partition coefficient (Wildman–Crippen LogP) is 2.67. The quantitative estimate of drug-likeness (QED) is 0.630. The molecule has 1 aliphatic rings. The van der Waals surface area contributed by atoms with E-state index in [1.54, 1.807) is 0 Å². The van der Waals surface area contributed by atoms with E-state index in [1.807, 2.05) is 24.3 Å². The number of carbonyl (C=O) groups is 1. The third kappa shape index (κ3) is 4.78. The molecular formula is C16H22N2O. The van der Waals surface area contributed by atoms with E-state index in [0.29, 0.717) is 12.3 Å². The van der Waals surface area contributed by atoms with Gasteiger partial charge in [0, 0.05) is 18.7 Å². The molecule has 1 aromatic rings. The molecule has 0 aliphatic heterocycles. The van der Waals surface area contributed by atoms with Gasteiger partial charge in [0.25, 0.3) is 0 Å². The van der Waals surface area contributed by atoms with Gasteiger partial charge < -0.3 is 11.1 Å². The number of allylic oxidation sites excluding steroid dienone is 2.